The van der Waals surface area contributed by atoms with Crippen LogP contribution in [-0.4, -0.2) is 11.4 Å². The number of aromatic hydroxyl groups is 1. The molecule has 0 aromatic heterocycles. The molecule has 0 amide bonds. The van der Waals surface area contributed by atoms with E-state index in [2.05, 4.69) is 0 Å². The molecule has 1 N–H and O–H groups in total. The van der Waals surface area contributed by atoms with Gasteiger partial charge in [0.15, 0.2) is 0 Å². The molecule has 2 nitrogen and oxygen atoms in total. The van der Waals surface area contributed by atoms with Crippen molar-refractivity contribution in [2.24, 2.45) is 0 Å². The van der Waals surface area contributed by atoms with Crippen LogP contribution in [-0.2, 0) is 17.6 Å². The lowest BCUT2D eigenvalue weighted by molar-refractivity contribution is -0.107. The molecule has 1 aromatic carbocycles. The number of rotatable bonds is 3. The van der Waals surface area contributed by atoms with Gasteiger partial charge in [0.25, 0.3) is 0 Å². The summed E-state index contributed by atoms with van der Waals surface area (Å²) in [5.41, 5.74) is 1.86. The Bertz CT molecular complexity index is 279. The summed E-state index contributed by atoms with van der Waals surface area (Å²) in [5, 5.41) is 9.31. The maximum Gasteiger partial charge on any atom is 0.124 e. The Morgan fingerprint density at radius 2 is 2.25 bits per heavy atom. The van der Waals surface area contributed by atoms with Crippen molar-refractivity contribution < 1.29 is 9.90 Å². The Labute approximate surface area is 71.8 Å². The van der Waals surface area contributed by atoms with Gasteiger partial charge in [-0.1, -0.05) is 19.1 Å². The van der Waals surface area contributed by atoms with E-state index in [4.69, 9.17) is 0 Å². The zero-order valence-corrected chi connectivity index (χ0v) is 7.08. The molecule has 0 fully saturated rings. The maximum atomic E-state index is 10.2. The molecule has 1 aromatic rings. The van der Waals surface area contributed by atoms with Crippen LogP contribution in [0.3, 0.4) is 0 Å². The zero-order chi connectivity index (χ0) is 8.97. The highest BCUT2D eigenvalue weighted by Gasteiger charge is 1.99. The minimum Gasteiger partial charge on any atom is -0.508 e. The summed E-state index contributed by atoms with van der Waals surface area (Å²) in [6.07, 6.45) is 2.08. The number of hydrogen-bond acceptors (Lipinski definition) is 2. The molecule has 0 spiro atoms. The largest absolute Gasteiger partial charge is 0.508 e. The van der Waals surface area contributed by atoms with Gasteiger partial charge in [-0.3, -0.25) is 0 Å². The van der Waals surface area contributed by atoms with Crippen LogP contribution >= 0.6 is 0 Å². The number of carbonyl (C=O) groups excluding carboxylic acids is 1. The summed E-state index contributed by atoms with van der Waals surface area (Å²) in [6, 6.07) is 5.27. The van der Waals surface area contributed by atoms with Gasteiger partial charge in [-0.15, -0.1) is 0 Å². The van der Waals surface area contributed by atoms with E-state index in [0.29, 0.717) is 12.2 Å². The van der Waals surface area contributed by atoms with Crippen LogP contribution in [0.25, 0.3) is 0 Å². The molecular formula is C10H12O2. The van der Waals surface area contributed by atoms with Gasteiger partial charge in [-0.2, -0.15) is 0 Å². The van der Waals surface area contributed by atoms with Crippen LogP contribution in [0.15, 0.2) is 18.2 Å². The van der Waals surface area contributed by atoms with E-state index in [1.807, 2.05) is 13.0 Å². The Kier molecular flexibility index (Phi) is 2.86. The highest BCUT2D eigenvalue weighted by molar-refractivity contribution is 5.55. The summed E-state index contributed by atoms with van der Waals surface area (Å²) in [5.74, 6) is 0.312. The van der Waals surface area contributed by atoms with Gasteiger partial charge in [0.05, 0.1) is 0 Å². The normalized spacial score (nSPS) is 9.75. The molecule has 64 valence electrons. The van der Waals surface area contributed by atoms with Crippen molar-refractivity contribution >= 4 is 6.29 Å². The molecule has 0 radical (unpaired) electrons. The van der Waals surface area contributed by atoms with E-state index in [1.54, 1.807) is 12.1 Å². The van der Waals surface area contributed by atoms with Gasteiger partial charge in [0.1, 0.15) is 12.0 Å². The molecule has 0 unspecified atom stereocenters. The van der Waals surface area contributed by atoms with E-state index in [-0.39, 0.29) is 0 Å². The standard InChI is InChI=1S/C10H12O2/c1-2-9-7-8(5-6-11)3-4-10(9)12/h3-4,6-7,12H,2,5H2,1H3. The summed E-state index contributed by atoms with van der Waals surface area (Å²) < 4.78 is 0. The molecule has 2 heteroatoms. The number of aldehydes is 1. The lowest BCUT2D eigenvalue weighted by atomic mass is 10.1. The average molecular weight is 164 g/mol. The minimum atomic E-state index is 0.312. The quantitative estimate of drug-likeness (QED) is 0.690. The second kappa shape index (κ2) is 3.90. The summed E-state index contributed by atoms with van der Waals surface area (Å²) in [6.45, 7) is 1.97. The van der Waals surface area contributed by atoms with Gasteiger partial charge in [-0.05, 0) is 23.6 Å². The highest BCUT2D eigenvalue weighted by atomic mass is 16.3. The number of phenols is 1. The molecule has 0 atom stereocenters. The average Bonchev–Trinajstić information content (AvgIpc) is 2.09. The van der Waals surface area contributed by atoms with Crippen LogP contribution < -0.4 is 0 Å². The van der Waals surface area contributed by atoms with Crippen LogP contribution in [0, 0.1) is 0 Å². The molecule has 0 saturated carbocycles. The van der Waals surface area contributed by atoms with E-state index >= 15 is 0 Å². The first-order chi connectivity index (χ1) is 5.77. The van der Waals surface area contributed by atoms with Crippen molar-refractivity contribution in [3.8, 4) is 5.75 Å². The lowest BCUT2D eigenvalue weighted by Gasteiger charge is -2.02. The number of hydrogen-bond donors (Lipinski definition) is 1. The second-order valence-corrected chi connectivity index (χ2v) is 2.69. The predicted octanol–water partition coefficient (Wildman–Crippen LogP) is 1.70. The van der Waals surface area contributed by atoms with Gasteiger partial charge in [0, 0.05) is 6.42 Å². The van der Waals surface area contributed by atoms with Crippen molar-refractivity contribution in [2.75, 3.05) is 0 Å². The van der Waals surface area contributed by atoms with Gasteiger partial charge < -0.3 is 9.90 Å². The van der Waals surface area contributed by atoms with Crippen LogP contribution in [0.1, 0.15) is 18.1 Å². The first-order valence-corrected chi connectivity index (χ1v) is 4.02. The van der Waals surface area contributed by atoms with E-state index < -0.39 is 0 Å². The number of benzene rings is 1. The molecule has 0 aliphatic rings. The SMILES string of the molecule is CCc1cc(CC=O)ccc1O. The van der Waals surface area contributed by atoms with Crippen molar-refractivity contribution in [2.45, 2.75) is 19.8 Å². The Morgan fingerprint density at radius 1 is 1.50 bits per heavy atom. The fraction of sp³-hybridized carbons (Fsp3) is 0.300. The Balaban J connectivity index is 2.96. The minimum absolute atomic E-state index is 0.312. The summed E-state index contributed by atoms with van der Waals surface area (Å²) >= 11 is 0. The molecule has 12 heavy (non-hydrogen) atoms. The van der Waals surface area contributed by atoms with Gasteiger partial charge >= 0.3 is 0 Å². The third-order valence-electron chi connectivity index (χ3n) is 1.84. The smallest absolute Gasteiger partial charge is 0.124 e. The van der Waals surface area contributed by atoms with E-state index in [0.717, 1.165) is 23.8 Å². The third-order valence-corrected chi connectivity index (χ3v) is 1.84. The van der Waals surface area contributed by atoms with Gasteiger partial charge in [0.2, 0.25) is 0 Å². The number of carbonyl (C=O) groups is 1. The Hall–Kier alpha value is -1.31. The topological polar surface area (TPSA) is 37.3 Å². The highest BCUT2D eigenvalue weighted by Crippen LogP contribution is 2.18. The monoisotopic (exact) mass is 164 g/mol. The molecule has 0 heterocycles. The van der Waals surface area contributed by atoms with Crippen molar-refractivity contribution in [1.82, 2.24) is 0 Å². The first-order valence-electron chi connectivity index (χ1n) is 4.02. The summed E-state index contributed by atoms with van der Waals surface area (Å²) in [4.78, 5) is 10.2. The van der Waals surface area contributed by atoms with E-state index in [1.165, 1.54) is 0 Å². The van der Waals surface area contributed by atoms with Crippen molar-refractivity contribution in [1.29, 1.82) is 0 Å². The van der Waals surface area contributed by atoms with Crippen LogP contribution in [0.2, 0.25) is 0 Å². The molecular weight excluding hydrogens is 152 g/mol. The van der Waals surface area contributed by atoms with Crippen molar-refractivity contribution in [3.63, 3.8) is 0 Å². The van der Waals surface area contributed by atoms with E-state index in [9.17, 15) is 9.90 Å². The van der Waals surface area contributed by atoms with Crippen LogP contribution in [0.5, 0.6) is 5.75 Å². The lowest BCUT2D eigenvalue weighted by Crippen LogP contribution is -1.88. The fourth-order valence-electron chi connectivity index (χ4n) is 1.15. The predicted molar refractivity (Wildman–Crippen MR) is 47.3 cm³/mol. The maximum absolute atomic E-state index is 10.2. The fourth-order valence-corrected chi connectivity index (χ4v) is 1.15. The summed E-state index contributed by atoms with van der Waals surface area (Å²) in [7, 11) is 0. The second-order valence-electron chi connectivity index (χ2n) is 2.69. The molecule has 0 aliphatic heterocycles. The molecule has 0 aliphatic carbocycles. The molecule has 0 saturated heterocycles. The zero-order valence-electron chi connectivity index (χ0n) is 7.08. The number of aryl methyl sites for hydroxylation is 1. The first kappa shape index (κ1) is 8.78. The molecule has 1 rings (SSSR count). The third kappa shape index (κ3) is 1.84. The molecule has 0 bridgehead atoms. The number of phenolic OH excluding ortho intramolecular Hbond substituents is 1. The van der Waals surface area contributed by atoms with Crippen molar-refractivity contribution in [3.05, 3.63) is 29.3 Å². The van der Waals surface area contributed by atoms with Gasteiger partial charge in [-0.25, -0.2) is 0 Å². The van der Waals surface area contributed by atoms with Crippen LogP contribution in [0.4, 0.5) is 0 Å². The Morgan fingerprint density at radius 3 is 2.83 bits per heavy atom.